The van der Waals surface area contributed by atoms with Crippen LogP contribution in [0.3, 0.4) is 0 Å². The Morgan fingerprint density at radius 1 is 1.39 bits per heavy atom. The Morgan fingerprint density at radius 3 is 2.78 bits per heavy atom. The monoisotopic (exact) mass is 311 g/mol. The Kier molecular flexibility index (Phi) is 4.78. The predicted octanol–water partition coefficient (Wildman–Crippen LogP) is 2.04. The number of hydrogen-bond donors (Lipinski definition) is 1. The molecule has 0 bridgehead atoms. The van der Waals surface area contributed by atoms with Crippen molar-refractivity contribution in [2.75, 3.05) is 26.7 Å². The summed E-state index contributed by atoms with van der Waals surface area (Å²) in [4.78, 5) is 4.94. The van der Waals surface area contributed by atoms with Gasteiger partial charge in [0.25, 0.3) is 0 Å². The Morgan fingerprint density at radius 2 is 2.17 bits per heavy atom. The van der Waals surface area contributed by atoms with Crippen molar-refractivity contribution in [3.8, 4) is 0 Å². The van der Waals surface area contributed by atoms with E-state index >= 15 is 0 Å². The SMILES string of the molecule is CC1CN(Cc2ccc(CN)cc2Br)CCN1C. The van der Waals surface area contributed by atoms with E-state index < -0.39 is 0 Å². The largest absolute Gasteiger partial charge is 0.326 e. The van der Waals surface area contributed by atoms with Crippen LogP contribution in [0.2, 0.25) is 0 Å². The zero-order valence-corrected chi connectivity index (χ0v) is 12.8. The maximum absolute atomic E-state index is 5.65. The van der Waals surface area contributed by atoms with Crippen LogP contribution in [0.15, 0.2) is 22.7 Å². The second-order valence-corrected chi connectivity index (χ2v) is 6.05. The first kappa shape index (κ1) is 14.0. The van der Waals surface area contributed by atoms with Crippen LogP contribution in [0.25, 0.3) is 0 Å². The number of halogens is 1. The number of rotatable bonds is 3. The molecule has 2 rings (SSSR count). The molecule has 0 amide bonds. The lowest BCUT2D eigenvalue weighted by molar-refractivity contribution is 0.0998. The zero-order chi connectivity index (χ0) is 13.1. The molecule has 1 aliphatic heterocycles. The Labute approximate surface area is 118 Å². The van der Waals surface area contributed by atoms with Gasteiger partial charge in [0.15, 0.2) is 0 Å². The van der Waals surface area contributed by atoms with E-state index in [-0.39, 0.29) is 0 Å². The molecule has 0 spiro atoms. The molecule has 1 heterocycles. The van der Waals surface area contributed by atoms with E-state index in [9.17, 15) is 0 Å². The van der Waals surface area contributed by atoms with Crippen LogP contribution in [-0.2, 0) is 13.1 Å². The molecule has 1 aliphatic rings. The van der Waals surface area contributed by atoms with Crippen molar-refractivity contribution in [3.63, 3.8) is 0 Å². The van der Waals surface area contributed by atoms with E-state index in [0.29, 0.717) is 12.6 Å². The van der Waals surface area contributed by atoms with Crippen LogP contribution >= 0.6 is 15.9 Å². The third-order valence-electron chi connectivity index (χ3n) is 3.79. The van der Waals surface area contributed by atoms with Crippen LogP contribution in [0.5, 0.6) is 0 Å². The van der Waals surface area contributed by atoms with Crippen LogP contribution in [0, 0.1) is 0 Å². The highest BCUT2D eigenvalue weighted by atomic mass is 79.9. The minimum atomic E-state index is 0.602. The lowest BCUT2D eigenvalue weighted by Gasteiger charge is -2.37. The van der Waals surface area contributed by atoms with Crippen molar-refractivity contribution in [2.45, 2.75) is 26.1 Å². The third kappa shape index (κ3) is 3.32. The molecule has 100 valence electrons. The van der Waals surface area contributed by atoms with Gasteiger partial charge in [0.1, 0.15) is 0 Å². The van der Waals surface area contributed by atoms with Gasteiger partial charge in [-0.1, -0.05) is 28.1 Å². The van der Waals surface area contributed by atoms with Crippen molar-refractivity contribution in [3.05, 3.63) is 33.8 Å². The first-order valence-electron chi connectivity index (χ1n) is 6.50. The van der Waals surface area contributed by atoms with Crippen molar-refractivity contribution in [2.24, 2.45) is 5.73 Å². The molecule has 4 heteroatoms. The quantitative estimate of drug-likeness (QED) is 0.927. The molecule has 18 heavy (non-hydrogen) atoms. The number of nitrogens with zero attached hydrogens (tertiary/aromatic N) is 2. The molecular weight excluding hydrogens is 290 g/mol. The highest BCUT2D eigenvalue weighted by Crippen LogP contribution is 2.21. The molecule has 1 aromatic carbocycles. The van der Waals surface area contributed by atoms with E-state index in [0.717, 1.165) is 26.2 Å². The van der Waals surface area contributed by atoms with Crippen LogP contribution in [-0.4, -0.2) is 42.5 Å². The lowest BCUT2D eigenvalue weighted by Crippen LogP contribution is -2.49. The topological polar surface area (TPSA) is 32.5 Å². The van der Waals surface area contributed by atoms with Gasteiger partial charge in [0, 0.05) is 43.2 Å². The molecular formula is C14H22BrN3. The normalized spacial score (nSPS) is 22.3. The summed E-state index contributed by atoms with van der Waals surface area (Å²) < 4.78 is 1.18. The molecule has 1 atom stereocenters. The van der Waals surface area contributed by atoms with Gasteiger partial charge < -0.3 is 10.6 Å². The second kappa shape index (κ2) is 6.15. The second-order valence-electron chi connectivity index (χ2n) is 5.19. The summed E-state index contributed by atoms with van der Waals surface area (Å²) in [5.74, 6) is 0. The lowest BCUT2D eigenvalue weighted by atomic mass is 10.1. The smallest absolute Gasteiger partial charge is 0.0246 e. The summed E-state index contributed by atoms with van der Waals surface area (Å²) >= 11 is 3.65. The van der Waals surface area contributed by atoms with Crippen LogP contribution in [0.4, 0.5) is 0 Å². The Bertz CT molecular complexity index is 408. The maximum atomic E-state index is 5.65. The van der Waals surface area contributed by atoms with Gasteiger partial charge in [-0.2, -0.15) is 0 Å². The molecule has 1 unspecified atom stereocenters. The minimum absolute atomic E-state index is 0.602. The first-order valence-corrected chi connectivity index (χ1v) is 7.29. The average Bonchev–Trinajstić information content (AvgIpc) is 2.36. The Balaban J connectivity index is 2.01. The summed E-state index contributed by atoms with van der Waals surface area (Å²) in [7, 11) is 2.20. The molecule has 0 aromatic heterocycles. The van der Waals surface area contributed by atoms with E-state index in [1.54, 1.807) is 0 Å². The third-order valence-corrected chi connectivity index (χ3v) is 4.53. The fourth-order valence-electron chi connectivity index (χ4n) is 2.35. The summed E-state index contributed by atoms with van der Waals surface area (Å²) in [6.07, 6.45) is 0. The molecule has 0 radical (unpaired) electrons. The van der Waals surface area contributed by atoms with Crippen molar-refractivity contribution < 1.29 is 0 Å². The van der Waals surface area contributed by atoms with Crippen molar-refractivity contribution >= 4 is 15.9 Å². The summed E-state index contributed by atoms with van der Waals surface area (Å²) in [6, 6.07) is 7.09. The Hall–Kier alpha value is -0.420. The van der Waals surface area contributed by atoms with Gasteiger partial charge in [-0.3, -0.25) is 4.90 Å². The van der Waals surface area contributed by atoms with Crippen LogP contribution in [0.1, 0.15) is 18.1 Å². The fourth-order valence-corrected chi connectivity index (χ4v) is 2.91. The van der Waals surface area contributed by atoms with E-state index in [2.05, 4.69) is 57.9 Å². The zero-order valence-electron chi connectivity index (χ0n) is 11.2. The van der Waals surface area contributed by atoms with E-state index in [4.69, 9.17) is 5.73 Å². The van der Waals surface area contributed by atoms with E-state index in [1.165, 1.54) is 15.6 Å². The van der Waals surface area contributed by atoms with E-state index in [1.807, 2.05) is 0 Å². The number of hydrogen-bond acceptors (Lipinski definition) is 3. The number of nitrogens with two attached hydrogens (primary N) is 1. The highest BCUT2D eigenvalue weighted by molar-refractivity contribution is 9.10. The summed E-state index contributed by atoms with van der Waals surface area (Å²) in [6.45, 7) is 7.35. The molecule has 0 saturated carbocycles. The first-order chi connectivity index (χ1) is 8.60. The fraction of sp³-hybridized carbons (Fsp3) is 0.571. The number of piperazine rings is 1. The van der Waals surface area contributed by atoms with Gasteiger partial charge in [-0.15, -0.1) is 0 Å². The highest BCUT2D eigenvalue weighted by Gasteiger charge is 2.20. The molecule has 1 saturated heterocycles. The van der Waals surface area contributed by atoms with Gasteiger partial charge in [0.2, 0.25) is 0 Å². The maximum Gasteiger partial charge on any atom is 0.0246 e. The molecule has 1 aromatic rings. The van der Waals surface area contributed by atoms with Crippen molar-refractivity contribution in [1.82, 2.24) is 9.80 Å². The standard InChI is InChI=1S/C14H22BrN3/c1-11-9-18(6-5-17(11)2)10-13-4-3-12(8-16)7-14(13)15/h3-4,7,11H,5-6,8-10,16H2,1-2H3. The molecule has 3 nitrogen and oxygen atoms in total. The summed E-state index contributed by atoms with van der Waals surface area (Å²) in [5, 5.41) is 0. The molecule has 0 aliphatic carbocycles. The minimum Gasteiger partial charge on any atom is -0.326 e. The van der Waals surface area contributed by atoms with Gasteiger partial charge in [-0.25, -0.2) is 0 Å². The predicted molar refractivity (Wildman–Crippen MR) is 79.4 cm³/mol. The summed E-state index contributed by atoms with van der Waals surface area (Å²) in [5.41, 5.74) is 8.18. The molecule has 2 N–H and O–H groups in total. The van der Waals surface area contributed by atoms with Gasteiger partial charge >= 0.3 is 0 Å². The number of likely N-dealkylation sites (N-methyl/N-ethyl adjacent to an activating group) is 1. The average molecular weight is 312 g/mol. The molecule has 1 fully saturated rings. The van der Waals surface area contributed by atoms with Gasteiger partial charge in [0.05, 0.1) is 0 Å². The van der Waals surface area contributed by atoms with Crippen molar-refractivity contribution in [1.29, 1.82) is 0 Å². The van der Waals surface area contributed by atoms with Gasteiger partial charge in [-0.05, 0) is 31.2 Å². The van der Waals surface area contributed by atoms with Crippen LogP contribution < -0.4 is 5.73 Å². The number of benzene rings is 1.